The molecule has 0 aliphatic rings. The van der Waals surface area contributed by atoms with Gasteiger partial charge in [0.1, 0.15) is 11.5 Å². The Labute approximate surface area is 217 Å². The molecule has 0 saturated carbocycles. The molecule has 0 unspecified atom stereocenters. The van der Waals surface area contributed by atoms with Crippen LogP contribution < -0.4 is 9.47 Å². The second kappa shape index (κ2) is 12.9. The summed E-state index contributed by atoms with van der Waals surface area (Å²) in [6, 6.07) is 14.5. The van der Waals surface area contributed by atoms with Crippen LogP contribution in [0.4, 0.5) is 17.6 Å². The monoisotopic (exact) mass is 536 g/mol. The summed E-state index contributed by atoms with van der Waals surface area (Å²) in [5.41, 5.74) is 1.12. The van der Waals surface area contributed by atoms with Gasteiger partial charge in [0, 0.05) is 23.1 Å². The molecular formula is C28H28F4O4S. The Morgan fingerprint density at radius 1 is 1.03 bits per heavy atom. The summed E-state index contributed by atoms with van der Waals surface area (Å²) in [6.45, 7) is 3.85. The highest BCUT2D eigenvalue weighted by Gasteiger charge is 2.35. The van der Waals surface area contributed by atoms with E-state index in [0.29, 0.717) is 18.6 Å². The van der Waals surface area contributed by atoms with E-state index < -0.39 is 29.3 Å². The van der Waals surface area contributed by atoms with Gasteiger partial charge in [0.25, 0.3) is 0 Å². The maximum atomic E-state index is 14.0. The molecule has 0 bridgehead atoms. The molecular weight excluding hydrogens is 508 g/mol. The van der Waals surface area contributed by atoms with Crippen molar-refractivity contribution in [1.29, 1.82) is 0 Å². The first-order valence-electron chi connectivity index (χ1n) is 11.8. The number of aryl methyl sites for hydroxylation is 2. The summed E-state index contributed by atoms with van der Waals surface area (Å²) in [7, 11) is 0. The summed E-state index contributed by atoms with van der Waals surface area (Å²) in [4.78, 5) is 11.9. The van der Waals surface area contributed by atoms with Crippen LogP contribution in [0.1, 0.15) is 43.4 Å². The summed E-state index contributed by atoms with van der Waals surface area (Å²) < 4.78 is 65.5. The lowest BCUT2D eigenvalue weighted by atomic mass is 10.0. The number of para-hydroxylation sites is 1. The van der Waals surface area contributed by atoms with Crippen LogP contribution in [0.3, 0.4) is 0 Å². The molecule has 0 aliphatic heterocycles. The number of rotatable bonds is 12. The Morgan fingerprint density at radius 2 is 1.78 bits per heavy atom. The van der Waals surface area contributed by atoms with Crippen molar-refractivity contribution in [1.82, 2.24) is 0 Å². The number of carboxylic acids is 1. The largest absolute Gasteiger partial charge is 0.491 e. The Bertz CT molecular complexity index is 1210. The Kier molecular flexibility index (Phi) is 9.86. The van der Waals surface area contributed by atoms with Crippen LogP contribution in [0.25, 0.3) is 0 Å². The first-order chi connectivity index (χ1) is 17.6. The molecule has 0 fully saturated rings. The minimum atomic E-state index is -4.68. The van der Waals surface area contributed by atoms with Gasteiger partial charge in [0.2, 0.25) is 0 Å². The van der Waals surface area contributed by atoms with Crippen molar-refractivity contribution < 1.29 is 36.9 Å². The molecule has 1 N–H and O–H groups in total. The smallest absolute Gasteiger partial charge is 0.419 e. The van der Waals surface area contributed by atoms with Gasteiger partial charge in [-0.1, -0.05) is 25.1 Å². The van der Waals surface area contributed by atoms with Gasteiger partial charge in [-0.2, -0.15) is 13.2 Å². The van der Waals surface area contributed by atoms with Gasteiger partial charge in [-0.3, -0.25) is 4.79 Å². The predicted octanol–water partition coefficient (Wildman–Crippen LogP) is 8.17. The van der Waals surface area contributed by atoms with Crippen molar-refractivity contribution in [2.45, 2.75) is 56.7 Å². The number of benzene rings is 3. The number of ether oxygens (including phenoxy) is 2. The van der Waals surface area contributed by atoms with E-state index in [2.05, 4.69) is 6.07 Å². The zero-order valence-electron chi connectivity index (χ0n) is 20.5. The van der Waals surface area contributed by atoms with Crippen LogP contribution in [0.5, 0.6) is 17.2 Å². The summed E-state index contributed by atoms with van der Waals surface area (Å²) >= 11 is 1.62. The lowest BCUT2D eigenvalue weighted by Gasteiger charge is -2.18. The first-order valence-corrected chi connectivity index (χ1v) is 12.8. The number of hydrogen-bond acceptors (Lipinski definition) is 4. The van der Waals surface area contributed by atoms with E-state index in [1.54, 1.807) is 11.8 Å². The highest BCUT2D eigenvalue weighted by Crippen LogP contribution is 2.40. The number of carbonyl (C=O) groups is 1. The van der Waals surface area contributed by atoms with Crippen molar-refractivity contribution in [2.24, 2.45) is 0 Å². The molecule has 3 aromatic carbocycles. The number of carboxylic acid groups (broad SMARTS) is 1. The second-order valence-corrected chi connectivity index (χ2v) is 9.60. The summed E-state index contributed by atoms with van der Waals surface area (Å²) in [6.07, 6.45) is -2.98. The molecule has 198 valence electrons. The SMILES string of the molecule is CCc1cc(SCC[C@H](C)Oc2ccc(C(F)(F)F)c(Oc3ccccc3F)c2)ccc1CCC(=O)O. The summed E-state index contributed by atoms with van der Waals surface area (Å²) in [5.74, 6) is -1.55. The minimum absolute atomic E-state index is 0.0886. The van der Waals surface area contributed by atoms with Crippen molar-refractivity contribution >= 4 is 17.7 Å². The molecule has 0 amide bonds. The van der Waals surface area contributed by atoms with Gasteiger partial charge in [0.05, 0.1) is 11.7 Å². The Balaban J connectivity index is 1.62. The van der Waals surface area contributed by atoms with Gasteiger partial charge in [-0.05, 0) is 73.7 Å². The lowest BCUT2D eigenvalue weighted by Crippen LogP contribution is -2.13. The zero-order valence-corrected chi connectivity index (χ0v) is 21.3. The van der Waals surface area contributed by atoms with E-state index in [9.17, 15) is 22.4 Å². The van der Waals surface area contributed by atoms with Crippen molar-refractivity contribution in [3.8, 4) is 17.2 Å². The molecule has 37 heavy (non-hydrogen) atoms. The van der Waals surface area contributed by atoms with Crippen LogP contribution in [-0.4, -0.2) is 22.9 Å². The molecule has 0 aliphatic carbocycles. The predicted molar refractivity (Wildman–Crippen MR) is 135 cm³/mol. The highest BCUT2D eigenvalue weighted by molar-refractivity contribution is 7.99. The zero-order chi connectivity index (χ0) is 27.0. The molecule has 0 saturated heterocycles. The van der Waals surface area contributed by atoms with E-state index in [1.807, 2.05) is 26.0 Å². The molecule has 1 atom stereocenters. The molecule has 0 radical (unpaired) electrons. The van der Waals surface area contributed by atoms with Crippen LogP contribution in [-0.2, 0) is 23.8 Å². The quantitative estimate of drug-likeness (QED) is 0.187. The van der Waals surface area contributed by atoms with Crippen molar-refractivity contribution in [2.75, 3.05) is 5.75 Å². The van der Waals surface area contributed by atoms with Crippen LogP contribution in [0, 0.1) is 5.82 Å². The van der Waals surface area contributed by atoms with Crippen LogP contribution in [0.2, 0.25) is 0 Å². The van der Waals surface area contributed by atoms with Gasteiger partial charge in [-0.15, -0.1) is 11.8 Å². The normalized spacial score (nSPS) is 12.3. The van der Waals surface area contributed by atoms with Gasteiger partial charge >= 0.3 is 12.1 Å². The lowest BCUT2D eigenvalue weighted by molar-refractivity contribution is -0.139. The van der Waals surface area contributed by atoms with Crippen LogP contribution in [0.15, 0.2) is 65.6 Å². The first kappa shape index (κ1) is 28.4. The maximum Gasteiger partial charge on any atom is 0.419 e. The molecule has 4 nitrogen and oxygen atoms in total. The van der Waals surface area contributed by atoms with E-state index in [0.717, 1.165) is 40.6 Å². The molecule has 3 rings (SSSR count). The third-order valence-corrected chi connectivity index (χ3v) is 6.64. The Morgan fingerprint density at radius 3 is 2.46 bits per heavy atom. The number of alkyl halides is 3. The van der Waals surface area contributed by atoms with E-state index in [-0.39, 0.29) is 24.0 Å². The maximum absolute atomic E-state index is 14.0. The number of halogens is 4. The van der Waals surface area contributed by atoms with Crippen molar-refractivity contribution in [3.05, 3.63) is 83.2 Å². The molecule has 0 heterocycles. The van der Waals surface area contributed by atoms with Gasteiger partial charge in [-0.25, -0.2) is 4.39 Å². The third kappa shape index (κ3) is 8.42. The average molecular weight is 537 g/mol. The number of aliphatic carboxylic acids is 1. The minimum Gasteiger partial charge on any atom is -0.491 e. The highest BCUT2D eigenvalue weighted by atomic mass is 32.2. The summed E-state index contributed by atoms with van der Waals surface area (Å²) in [5, 5.41) is 8.92. The van der Waals surface area contributed by atoms with Crippen molar-refractivity contribution in [3.63, 3.8) is 0 Å². The third-order valence-electron chi connectivity index (χ3n) is 5.61. The van der Waals surface area contributed by atoms with E-state index in [1.165, 1.54) is 24.3 Å². The van der Waals surface area contributed by atoms with Gasteiger partial charge in [0.15, 0.2) is 11.6 Å². The fourth-order valence-corrected chi connectivity index (χ4v) is 4.76. The topological polar surface area (TPSA) is 55.8 Å². The second-order valence-electron chi connectivity index (χ2n) is 8.43. The van der Waals surface area contributed by atoms with Crippen LogP contribution >= 0.6 is 11.8 Å². The number of thioether (sulfide) groups is 1. The standard InChI is InChI=1S/C28H28F4O4S/c1-3-19-16-22(11-8-20(19)9-13-27(33)34)37-15-14-18(2)35-21-10-12-23(28(30,31)32)26(17-21)36-25-7-5-4-6-24(25)29/h4-8,10-12,16-18H,3,9,13-15H2,1-2H3,(H,33,34)/t18-/m0/s1. The molecule has 9 heteroatoms. The Hall–Kier alpha value is -3.20. The van der Waals surface area contributed by atoms with E-state index in [4.69, 9.17) is 14.6 Å². The average Bonchev–Trinajstić information content (AvgIpc) is 2.84. The fraction of sp³-hybridized carbons (Fsp3) is 0.321. The molecule has 3 aromatic rings. The fourth-order valence-electron chi connectivity index (χ4n) is 3.68. The molecule has 0 spiro atoms. The van der Waals surface area contributed by atoms with Gasteiger partial charge < -0.3 is 14.6 Å². The number of hydrogen-bond donors (Lipinski definition) is 1. The van der Waals surface area contributed by atoms with E-state index >= 15 is 0 Å². The molecule has 0 aromatic heterocycles.